The number of rotatable bonds is 7. The van der Waals surface area contributed by atoms with Gasteiger partial charge < -0.3 is 19.7 Å². The van der Waals surface area contributed by atoms with Gasteiger partial charge in [0, 0.05) is 43.5 Å². The lowest BCUT2D eigenvalue weighted by atomic mass is 9.87. The van der Waals surface area contributed by atoms with Gasteiger partial charge in [0.2, 0.25) is 5.91 Å². The van der Waals surface area contributed by atoms with Crippen LogP contribution in [0.3, 0.4) is 0 Å². The predicted octanol–water partition coefficient (Wildman–Crippen LogP) is 3.27. The molecule has 4 rings (SSSR count). The van der Waals surface area contributed by atoms with Crippen LogP contribution in [0.2, 0.25) is 0 Å². The second kappa shape index (κ2) is 10.2. The lowest BCUT2D eigenvalue weighted by Crippen LogP contribution is -2.35. The molecule has 7 heteroatoms. The molecule has 0 radical (unpaired) electrons. The fourth-order valence-electron chi connectivity index (χ4n) is 4.28. The van der Waals surface area contributed by atoms with Crippen LogP contribution in [-0.4, -0.2) is 49.0 Å². The van der Waals surface area contributed by atoms with Gasteiger partial charge in [-0.1, -0.05) is 30.3 Å². The molecule has 1 saturated heterocycles. The van der Waals surface area contributed by atoms with Crippen LogP contribution in [0.1, 0.15) is 27.4 Å². The van der Waals surface area contributed by atoms with E-state index in [1.54, 1.807) is 55.8 Å². The topological polar surface area (TPSA) is 80.8 Å². The summed E-state index contributed by atoms with van der Waals surface area (Å²) in [7, 11) is 3.18. The number of methoxy groups -OCH3 is 2. The zero-order valence-corrected chi connectivity index (χ0v) is 18.7. The van der Waals surface area contributed by atoms with Gasteiger partial charge in [0.25, 0.3) is 5.91 Å². The van der Waals surface area contributed by atoms with Crippen molar-refractivity contribution in [3.63, 3.8) is 0 Å². The highest BCUT2D eigenvalue weighted by Gasteiger charge is 2.41. The first-order chi connectivity index (χ1) is 16.1. The molecular weight excluding hydrogens is 418 g/mol. The van der Waals surface area contributed by atoms with E-state index in [-0.39, 0.29) is 17.7 Å². The summed E-state index contributed by atoms with van der Waals surface area (Å²) >= 11 is 0. The Morgan fingerprint density at radius 3 is 2.64 bits per heavy atom. The number of nitrogens with one attached hydrogen (secondary N) is 1. The summed E-state index contributed by atoms with van der Waals surface area (Å²) in [6.07, 6.45) is 3.42. The molecule has 0 unspecified atom stereocenters. The monoisotopic (exact) mass is 445 g/mol. The Labute approximate surface area is 193 Å². The first-order valence-electron chi connectivity index (χ1n) is 10.8. The highest BCUT2D eigenvalue weighted by molar-refractivity contribution is 5.95. The standard InChI is InChI=1S/C26H27N3O4/c1-32-20-9-5-8-19(13-20)26(31)29-16-22(21-10-3-4-11-24(21)33-2)23(17-29)25(30)28-15-18-7-6-12-27-14-18/h3-14,22-23H,15-17H2,1-2H3,(H,28,30)/t22-,23-/m1/s1. The summed E-state index contributed by atoms with van der Waals surface area (Å²) in [6, 6.07) is 18.5. The molecule has 33 heavy (non-hydrogen) atoms. The third kappa shape index (κ3) is 4.98. The van der Waals surface area contributed by atoms with Gasteiger partial charge in [-0.15, -0.1) is 0 Å². The molecule has 0 spiro atoms. The summed E-state index contributed by atoms with van der Waals surface area (Å²) in [4.78, 5) is 32.4. The Balaban J connectivity index is 1.59. The number of hydrogen-bond acceptors (Lipinski definition) is 5. The van der Waals surface area contributed by atoms with E-state index < -0.39 is 5.92 Å². The average molecular weight is 446 g/mol. The number of amides is 2. The summed E-state index contributed by atoms with van der Waals surface area (Å²) in [5.74, 6) is 0.500. The molecule has 2 heterocycles. The van der Waals surface area contributed by atoms with E-state index in [9.17, 15) is 9.59 Å². The van der Waals surface area contributed by atoms with Crippen molar-refractivity contribution < 1.29 is 19.1 Å². The maximum absolute atomic E-state index is 13.3. The first kappa shape index (κ1) is 22.3. The van der Waals surface area contributed by atoms with Gasteiger partial charge >= 0.3 is 0 Å². The largest absolute Gasteiger partial charge is 0.497 e. The third-order valence-corrected chi connectivity index (χ3v) is 5.99. The minimum absolute atomic E-state index is 0.101. The van der Waals surface area contributed by atoms with E-state index in [1.807, 2.05) is 36.4 Å². The average Bonchev–Trinajstić information content (AvgIpc) is 3.33. The molecule has 1 aliphatic rings. The van der Waals surface area contributed by atoms with Gasteiger partial charge in [0.1, 0.15) is 11.5 Å². The molecule has 0 aliphatic carbocycles. The summed E-state index contributed by atoms with van der Waals surface area (Å²) in [5.41, 5.74) is 2.37. The Morgan fingerprint density at radius 2 is 1.88 bits per heavy atom. The van der Waals surface area contributed by atoms with Crippen molar-refractivity contribution in [2.75, 3.05) is 27.3 Å². The molecule has 3 aromatic rings. The van der Waals surface area contributed by atoms with E-state index in [2.05, 4.69) is 10.3 Å². The van der Waals surface area contributed by atoms with Gasteiger partial charge in [-0.3, -0.25) is 14.6 Å². The van der Waals surface area contributed by atoms with Crippen LogP contribution in [0.5, 0.6) is 11.5 Å². The number of nitrogens with zero attached hydrogens (tertiary/aromatic N) is 2. The molecule has 170 valence electrons. The number of likely N-dealkylation sites (tertiary alicyclic amines) is 1. The second-order valence-electron chi connectivity index (χ2n) is 7.98. The van der Waals surface area contributed by atoms with E-state index in [1.165, 1.54) is 0 Å². The number of para-hydroxylation sites is 1. The maximum Gasteiger partial charge on any atom is 0.254 e. The Kier molecular flexibility index (Phi) is 6.88. The van der Waals surface area contributed by atoms with Crippen LogP contribution in [-0.2, 0) is 11.3 Å². The normalized spacial score (nSPS) is 17.5. The number of carbonyl (C=O) groups excluding carboxylic acids is 2. The zero-order chi connectivity index (χ0) is 23.2. The number of ether oxygens (including phenoxy) is 2. The highest BCUT2D eigenvalue weighted by atomic mass is 16.5. The van der Waals surface area contributed by atoms with Crippen LogP contribution >= 0.6 is 0 Å². The first-order valence-corrected chi connectivity index (χ1v) is 10.8. The summed E-state index contributed by atoms with van der Waals surface area (Å²) in [6.45, 7) is 1.12. The SMILES string of the molecule is COc1cccc(C(=O)N2C[C@H](c3ccccc3OC)[C@H](C(=O)NCc3cccnc3)C2)c1. The van der Waals surface area contributed by atoms with E-state index in [0.29, 0.717) is 36.7 Å². The molecule has 2 atom stereocenters. The van der Waals surface area contributed by atoms with Crippen LogP contribution in [0, 0.1) is 5.92 Å². The second-order valence-corrected chi connectivity index (χ2v) is 7.98. The number of carbonyl (C=O) groups is 2. The van der Waals surface area contributed by atoms with Crippen LogP contribution in [0.4, 0.5) is 0 Å². The predicted molar refractivity (Wildman–Crippen MR) is 124 cm³/mol. The molecule has 2 aromatic carbocycles. The summed E-state index contributed by atoms with van der Waals surface area (Å²) < 4.78 is 10.8. The Morgan fingerprint density at radius 1 is 1.03 bits per heavy atom. The van der Waals surface area contributed by atoms with E-state index in [0.717, 1.165) is 11.1 Å². The van der Waals surface area contributed by atoms with Crippen molar-refractivity contribution in [2.45, 2.75) is 12.5 Å². The molecule has 1 fully saturated rings. The number of benzene rings is 2. The van der Waals surface area contributed by atoms with Gasteiger partial charge in [0.15, 0.2) is 0 Å². The van der Waals surface area contributed by atoms with Crippen molar-refractivity contribution >= 4 is 11.8 Å². The van der Waals surface area contributed by atoms with Crippen molar-refractivity contribution in [1.82, 2.24) is 15.2 Å². The van der Waals surface area contributed by atoms with Gasteiger partial charge in [-0.25, -0.2) is 0 Å². The smallest absolute Gasteiger partial charge is 0.254 e. The molecule has 0 saturated carbocycles. The molecule has 1 N–H and O–H groups in total. The molecule has 0 bridgehead atoms. The van der Waals surface area contributed by atoms with Gasteiger partial charge in [-0.2, -0.15) is 0 Å². The van der Waals surface area contributed by atoms with Gasteiger partial charge in [0.05, 0.1) is 20.1 Å². The highest BCUT2D eigenvalue weighted by Crippen LogP contribution is 2.38. The fourth-order valence-corrected chi connectivity index (χ4v) is 4.28. The van der Waals surface area contributed by atoms with Crippen molar-refractivity contribution in [3.8, 4) is 11.5 Å². The lowest BCUT2D eigenvalue weighted by Gasteiger charge is -2.20. The number of pyridine rings is 1. The minimum Gasteiger partial charge on any atom is -0.497 e. The molecule has 1 aliphatic heterocycles. The molecule has 1 aromatic heterocycles. The van der Waals surface area contributed by atoms with Crippen LogP contribution < -0.4 is 14.8 Å². The van der Waals surface area contributed by atoms with Crippen molar-refractivity contribution in [2.24, 2.45) is 5.92 Å². The summed E-state index contributed by atoms with van der Waals surface area (Å²) in [5, 5.41) is 3.02. The third-order valence-electron chi connectivity index (χ3n) is 5.99. The lowest BCUT2D eigenvalue weighted by molar-refractivity contribution is -0.125. The minimum atomic E-state index is -0.410. The van der Waals surface area contributed by atoms with Gasteiger partial charge in [-0.05, 0) is 41.5 Å². The quantitative estimate of drug-likeness (QED) is 0.604. The Hall–Kier alpha value is -3.87. The van der Waals surface area contributed by atoms with E-state index >= 15 is 0 Å². The van der Waals surface area contributed by atoms with E-state index in [4.69, 9.17) is 9.47 Å². The molecule has 7 nitrogen and oxygen atoms in total. The van der Waals surface area contributed by atoms with Crippen molar-refractivity contribution in [1.29, 1.82) is 0 Å². The zero-order valence-electron chi connectivity index (χ0n) is 18.7. The molecule has 2 amide bonds. The Bertz CT molecular complexity index is 1120. The van der Waals surface area contributed by atoms with Crippen molar-refractivity contribution in [3.05, 3.63) is 89.7 Å². The number of aromatic nitrogens is 1. The fraction of sp³-hybridized carbons (Fsp3) is 0.269. The van der Waals surface area contributed by atoms with Crippen LogP contribution in [0.15, 0.2) is 73.1 Å². The molecular formula is C26H27N3O4. The number of hydrogen-bond donors (Lipinski definition) is 1. The maximum atomic E-state index is 13.3. The van der Waals surface area contributed by atoms with Crippen LogP contribution in [0.25, 0.3) is 0 Å².